The van der Waals surface area contributed by atoms with Gasteiger partial charge in [-0.25, -0.2) is 0 Å². The molecule has 1 amide bonds. The lowest BCUT2D eigenvalue weighted by Gasteiger charge is -2.26. The number of carbonyl (C=O) groups excluding carboxylic acids is 1. The fraction of sp³-hybridized carbons (Fsp3) is 0.235. The summed E-state index contributed by atoms with van der Waals surface area (Å²) in [6.45, 7) is 0.571. The van der Waals surface area contributed by atoms with Crippen LogP contribution in [0.1, 0.15) is 18.0 Å². The van der Waals surface area contributed by atoms with Gasteiger partial charge < -0.3 is 14.8 Å². The zero-order valence-electron chi connectivity index (χ0n) is 11.9. The Morgan fingerprint density at radius 2 is 2.00 bits per heavy atom. The number of carbonyl (C=O) groups is 1. The summed E-state index contributed by atoms with van der Waals surface area (Å²) in [5.41, 5.74) is 1.01. The predicted molar refractivity (Wildman–Crippen MR) is 84.4 cm³/mol. The van der Waals surface area contributed by atoms with Crippen molar-refractivity contribution in [1.29, 1.82) is 0 Å². The fourth-order valence-corrected chi connectivity index (χ4v) is 2.53. The first-order valence-electron chi connectivity index (χ1n) is 7.12. The molecule has 1 aliphatic heterocycles. The lowest BCUT2D eigenvalue weighted by atomic mass is 10.0. The second-order valence-electron chi connectivity index (χ2n) is 5.04. The third-order valence-corrected chi connectivity index (χ3v) is 3.73. The summed E-state index contributed by atoms with van der Waals surface area (Å²) < 4.78 is 11.0. The van der Waals surface area contributed by atoms with Crippen LogP contribution in [-0.4, -0.2) is 19.1 Å². The van der Waals surface area contributed by atoms with Crippen LogP contribution >= 0.6 is 11.6 Å². The Hall–Kier alpha value is -2.20. The molecule has 0 fully saturated rings. The average molecular weight is 318 g/mol. The van der Waals surface area contributed by atoms with Crippen molar-refractivity contribution in [2.75, 3.05) is 13.2 Å². The number of hydrogen-bond donors (Lipinski definition) is 1. The third kappa shape index (κ3) is 3.52. The van der Waals surface area contributed by atoms with E-state index in [0.717, 1.165) is 17.7 Å². The van der Waals surface area contributed by atoms with E-state index < -0.39 is 0 Å². The number of amides is 1. The summed E-state index contributed by atoms with van der Waals surface area (Å²) >= 11 is 5.80. The molecule has 2 aromatic rings. The SMILES string of the molecule is O=C(COc1ccc(Cl)cc1)N[C@@H]1CCOc2ccccc21. The second-order valence-corrected chi connectivity index (χ2v) is 5.47. The van der Waals surface area contributed by atoms with Gasteiger partial charge in [0.15, 0.2) is 6.61 Å². The number of ether oxygens (including phenoxy) is 2. The van der Waals surface area contributed by atoms with Gasteiger partial charge in [-0.15, -0.1) is 0 Å². The van der Waals surface area contributed by atoms with Gasteiger partial charge in [0.05, 0.1) is 12.6 Å². The summed E-state index contributed by atoms with van der Waals surface area (Å²) in [6, 6.07) is 14.6. The van der Waals surface area contributed by atoms with Crippen LogP contribution in [0.2, 0.25) is 5.02 Å². The molecule has 1 N–H and O–H groups in total. The van der Waals surface area contributed by atoms with E-state index in [-0.39, 0.29) is 18.6 Å². The average Bonchev–Trinajstić information content (AvgIpc) is 2.55. The predicted octanol–water partition coefficient (Wildman–Crippen LogP) is 3.36. The Morgan fingerprint density at radius 3 is 2.82 bits per heavy atom. The Balaban J connectivity index is 1.57. The van der Waals surface area contributed by atoms with Gasteiger partial charge in [0.1, 0.15) is 11.5 Å². The van der Waals surface area contributed by atoms with Gasteiger partial charge in [0.2, 0.25) is 0 Å². The highest BCUT2D eigenvalue weighted by molar-refractivity contribution is 6.30. The van der Waals surface area contributed by atoms with Crippen molar-refractivity contribution in [3.8, 4) is 11.5 Å². The first-order chi connectivity index (χ1) is 10.7. The Labute approximate surface area is 134 Å². The summed E-state index contributed by atoms with van der Waals surface area (Å²) in [6.07, 6.45) is 0.754. The van der Waals surface area contributed by atoms with Crippen molar-refractivity contribution in [2.24, 2.45) is 0 Å². The number of benzene rings is 2. The van der Waals surface area contributed by atoms with E-state index in [1.165, 1.54) is 0 Å². The standard InChI is InChI=1S/C17H16ClNO3/c18-12-5-7-13(8-6-12)22-11-17(20)19-15-9-10-21-16-4-2-1-3-14(15)16/h1-8,15H,9-11H2,(H,19,20)/t15-/m1/s1. The molecule has 1 aliphatic rings. The van der Waals surface area contributed by atoms with Crippen LogP contribution in [0.4, 0.5) is 0 Å². The van der Waals surface area contributed by atoms with E-state index in [4.69, 9.17) is 21.1 Å². The van der Waals surface area contributed by atoms with Gasteiger partial charge in [-0.1, -0.05) is 29.8 Å². The molecular weight excluding hydrogens is 302 g/mol. The minimum Gasteiger partial charge on any atom is -0.493 e. The van der Waals surface area contributed by atoms with Gasteiger partial charge in [-0.05, 0) is 30.3 Å². The summed E-state index contributed by atoms with van der Waals surface area (Å²) in [7, 11) is 0. The van der Waals surface area contributed by atoms with E-state index in [2.05, 4.69) is 5.32 Å². The van der Waals surface area contributed by atoms with Gasteiger partial charge in [0.25, 0.3) is 5.91 Å². The van der Waals surface area contributed by atoms with Crippen LogP contribution in [0.5, 0.6) is 11.5 Å². The summed E-state index contributed by atoms with van der Waals surface area (Å²) in [5, 5.41) is 3.62. The number of nitrogens with one attached hydrogen (secondary N) is 1. The zero-order valence-corrected chi connectivity index (χ0v) is 12.7. The summed E-state index contributed by atoms with van der Waals surface area (Å²) in [5.74, 6) is 1.29. The van der Waals surface area contributed by atoms with Crippen molar-refractivity contribution >= 4 is 17.5 Å². The van der Waals surface area contributed by atoms with E-state index in [0.29, 0.717) is 17.4 Å². The largest absolute Gasteiger partial charge is 0.493 e. The van der Waals surface area contributed by atoms with Crippen LogP contribution in [0.15, 0.2) is 48.5 Å². The van der Waals surface area contributed by atoms with Crippen molar-refractivity contribution in [3.63, 3.8) is 0 Å². The molecule has 0 saturated carbocycles. The molecule has 0 aromatic heterocycles. The minimum atomic E-state index is -0.156. The van der Waals surface area contributed by atoms with Crippen LogP contribution in [0.3, 0.4) is 0 Å². The van der Waals surface area contributed by atoms with E-state index in [1.54, 1.807) is 24.3 Å². The molecule has 0 saturated heterocycles. The van der Waals surface area contributed by atoms with Gasteiger partial charge >= 0.3 is 0 Å². The number of fused-ring (bicyclic) bond motifs is 1. The molecule has 114 valence electrons. The Bertz CT molecular complexity index is 657. The molecule has 2 aromatic carbocycles. The maximum Gasteiger partial charge on any atom is 0.258 e. The van der Waals surface area contributed by atoms with E-state index in [1.807, 2.05) is 24.3 Å². The molecule has 0 radical (unpaired) electrons. The van der Waals surface area contributed by atoms with E-state index in [9.17, 15) is 4.79 Å². The molecule has 0 bridgehead atoms. The van der Waals surface area contributed by atoms with Crippen LogP contribution in [-0.2, 0) is 4.79 Å². The Kier molecular flexibility index (Phi) is 4.49. The zero-order chi connectivity index (χ0) is 15.4. The minimum absolute atomic E-state index is 0.0266. The first kappa shape index (κ1) is 14.7. The molecule has 0 aliphatic carbocycles. The Morgan fingerprint density at radius 1 is 1.23 bits per heavy atom. The molecule has 1 atom stereocenters. The quantitative estimate of drug-likeness (QED) is 0.940. The third-order valence-electron chi connectivity index (χ3n) is 3.48. The van der Waals surface area contributed by atoms with Crippen molar-refractivity contribution in [3.05, 3.63) is 59.1 Å². The highest BCUT2D eigenvalue weighted by Gasteiger charge is 2.22. The van der Waals surface area contributed by atoms with Crippen molar-refractivity contribution in [1.82, 2.24) is 5.32 Å². The molecule has 5 heteroatoms. The highest BCUT2D eigenvalue weighted by atomic mass is 35.5. The lowest BCUT2D eigenvalue weighted by Crippen LogP contribution is -2.35. The second kappa shape index (κ2) is 6.71. The topological polar surface area (TPSA) is 47.6 Å². The molecule has 0 unspecified atom stereocenters. The molecule has 4 nitrogen and oxygen atoms in total. The summed E-state index contributed by atoms with van der Waals surface area (Å²) in [4.78, 5) is 12.1. The maximum absolute atomic E-state index is 12.1. The van der Waals surface area contributed by atoms with Crippen molar-refractivity contribution < 1.29 is 14.3 Å². The fourth-order valence-electron chi connectivity index (χ4n) is 2.41. The molecule has 0 spiro atoms. The normalized spacial score (nSPS) is 16.3. The monoisotopic (exact) mass is 317 g/mol. The smallest absolute Gasteiger partial charge is 0.258 e. The number of para-hydroxylation sites is 1. The van der Waals surface area contributed by atoms with Crippen LogP contribution < -0.4 is 14.8 Å². The van der Waals surface area contributed by atoms with Crippen molar-refractivity contribution in [2.45, 2.75) is 12.5 Å². The molecule has 22 heavy (non-hydrogen) atoms. The number of rotatable bonds is 4. The highest BCUT2D eigenvalue weighted by Crippen LogP contribution is 2.31. The molecule has 1 heterocycles. The lowest BCUT2D eigenvalue weighted by molar-refractivity contribution is -0.124. The number of hydrogen-bond acceptors (Lipinski definition) is 3. The number of halogens is 1. The van der Waals surface area contributed by atoms with Crippen LogP contribution in [0, 0.1) is 0 Å². The van der Waals surface area contributed by atoms with Gasteiger partial charge in [-0.3, -0.25) is 4.79 Å². The molecular formula is C17H16ClNO3. The van der Waals surface area contributed by atoms with E-state index >= 15 is 0 Å². The first-order valence-corrected chi connectivity index (χ1v) is 7.49. The van der Waals surface area contributed by atoms with Gasteiger partial charge in [0, 0.05) is 17.0 Å². The molecule has 3 rings (SSSR count). The van der Waals surface area contributed by atoms with Crippen LogP contribution in [0.25, 0.3) is 0 Å². The van der Waals surface area contributed by atoms with Gasteiger partial charge in [-0.2, -0.15) is 0 Å². The maximum atomic E-state index is 12.1.